The van der Waals surface area contributed by atoms with Gasteiger partial charge in [0, 0.05) is 34.6 Å². The fourth-order valence-corrected chi connectivity index (χ4v) is 5.09. The number of nitrogens with one attached hydrogen (secondary N) is 1. The minimum absolute atomic E-state index is 0.0838. The predicted octanol–water partition coefficient (Wildman–Crippen LogP) is 7.09. The highest BCUT2D eigenvalue weighted by Gasteiger charge is 2.29. The molecule has 0 radical (unpaired) electrons. The molecule has 1 aliphatic carbocycles. The molecule has 2 amide bonds. The Hall–Kier alpha value is -2.04. The molecule has 3 rings (SSSR count). The van der Waals surface area contributed by atoms with Crippen molar-refractivity contribution in [1.29, 1.82) is 0 Å². The van der Waals surface area contributed by atoms with Crippen molar-refractivity contribution in [3.63, 3.8) is 0 Å². The molecule has 0 saturated heterocycles. The Morgan fingerprint density at radius 1 is 1.00 bits per heavy atom. The molecular weight excluding hydrogens is 479 g/mol. The van der Waals surface area contributed by atoms with E-state index in [1.807, 2.05) is 0 Å². The Kier molecular flexibility index (Phi) is 9.66. The van der Waals surface area contributed by atoms with E-state index < -0.39 is 6.04 Å². The van der Waals surface area contributed by atoms with Gasteiger partial charge in [-0.25, -0.2) is 0 Å². The molecule has 2 aromatic carbocycles. The van der Waals surface area contributed by atoms with Gasteiger partial charge in [-0.15, -0.1) is 0 Å². The molecule has 4 nitrogen and oxygen atoms in total. The summed E-state index contributed by atoms with van der Waals surface area (Å²) in [6.45, 7) is 8.54. The summed E-state index contributed by atoms with van der Waals surface area (Å²) in [5, 5.41) is 4.15. The van der Waals surface area contributed by atoms with E-state index in [2.05, 4.69) is 50.4 Å². The molecule has 0 aromatic heterocycles. The number of hydrogen-bond acceptors (Lipinski definition) is 2. The summed E-state index contributed by atoms with van der Waals surface area (Å²) in [5.74, 6) is -0.213. The van der Waals surface area contributed by atoms with Crippen LogP contribution in [0, 0.1) is 0 Å². The zero-order chi connectivity index (χ0) is 25.6. The van der Waals surface area contributed by atoms with Gasteiger partial charge in [0.1, 0.15) is 6.04 Å². The van der Waals surface area contributed by atoms with E-state index >= 15 is 0 Å². The first-order valence-electron chi connectivity index (χ1n) is 12.7. The summed E-state index contributed by atoms with van der Waals surface area (Å²) in [5.41, 5.74) is 3.11. The van der Waals surface area contributed by atoms with Crippen molar-refractivity contribution in [3.05, 3.63) is 69.2 Å². The van der Waals surface area contributed by atoms with Crippen LogP contribution in [0.1, 0.15) is 82.9 Å². The third-order valence-corrected chi connectivity index (χ3v) is 7.66. The van der Waals surface area contributed by atoms with Crippen LogP contribution in [0.15, 0.2) is 42.5 Å². The summed E-state index contributed by atoms with van der Waals surface area (Å²) in [6.07, 6.45) is 6.37. The second kappa shape index (κ2) is 12.3. The lowest BCUT2D eigenvalue weighted by Crippen LogP contribution is -2.50. The maximum Gasteiger partial charge on any atom is 0.242 e. The lowest BCUT2D eigenvalue weighted by Gasteiger charge is -2.31. The maximum atomic E-state index is 13.5. The van der Waals surface area contributed by atoms with Crippen LogP contribution in [0.5, 0.6) is 0 Å². The highest BCUT2D eigenvalue weighted by molar-refractivity contribution is 6.36. The Bertz CT molecular complexity index is 988. The first-order chi connectivity index (χ1) is 16.6. The van der Waals surface area contributed by atoms with Gasteiger partial charge >= 0.3 is 0 Å². The van der Waals surface area contributed by atoms with Crippen molar-refractivity contribution in [2.45, 2.75) is 96.7 Å². The van der Waals surface area contributed by atoms with Gasteiger partial charge in [-0.05, 0) is 54.9 Å². The number of amides is 2. The van der Waals surface area contributed by atoms with Gasteiger partial charge in [0.05, 0.1) is 0 Å². The molecule has 1 fully saturated rings. The molecular formula is C29H38Cl2N2O2. The molecule has 190 valence electrons. The summed E-state index contributed by atoms with van der Waals surface area (Å²) < 4.78 is 0. The molecule has 0 spiro atoms. The summed E-state index contributed by atoms with van der Waals surface area (Å²) >= 11 is 12.8. The monoisotopic (exact) mass is 516 g/mol. The van der Waals surface area contributed by atoms with Gasteiger partial charge < -0.3 is 10.2 Å². The van der Waals surface area contributed by atoms with Gasteiger partial charge in [-0.3, -0.25) is 9.59 Å². The minimum Gasteiger partial charge on any atom is -0.352 e. The van der Waals surface area contributed by atoms with Gasteiger partial charge in [-0.1, -0.05) is 93.6 Å². The predicted molar refractivity (Wildman–Crippen MR) is 145 cm³/mol. The van der Waals surface area contributed by atoms with Crippen molar-refractivity contribution >= 4 is 35.0 Å². The highest BCUT2D eigenvalue weighted by Crippen LogP contribution is 2.27. The fraction of sp³-hybridized carbons (Fsp3) is 0.517. The molecule has 0 heterocycles. The Morgan fingerprint density at radius 3 is 2.17 bits per heavy atom. The van der Waals surface area contributed by atoms with Gasteiger partial charge in [0.15, 0.2) is 0 Å². The third-order valence-electron chi connectivity index (χ3n) is 6.96. The molecule has 1 unspecified atom stereocenters. The topological polar surface area (TPSA) is 49.4 Å². The van der Waals surface area contributed by atoms with Crippen molar-refractivity contribution in [2.24, 2.45) is 0 Å². The third kappa shape index (κ3) is 7.72. The molecule has 35 heavy (non-hydrogen) atoms. The Labute approximate surface area is 220 Å². The zero-order valence-corrected chi connectivity index (χ0v) is 22.9. The lowest BCUT2D eigenvalue weighted by atomic mass is 9.86. The van der Waals surface area contributed by atoms with Crippen molar-refractivity contribution in [3.8, 4) is 0 Å². The number of benzene rings is 2. The van der Waals surface area contributed by atoms with Crippen LogP contribution in [0.25, 0.3) is 0 Å². The minimum atomic E-state index is -0.625. The molecule has 1 aliphatic rings. The van der Waals surface area contributed by atoms with Crippen molar-refractivity contribution in [2.75, 3.05) is 0 Å². The van der Waals surface area contributed by atoms with E-state index in [0.717, 1.165) is 31.2 Å². The van der Waals surface area contributed by atoms with Gasteiger partial charge in [0.25, 0.3) is 0 Å². The Balaban J connectivity index is 1.74. The van der Waals surface area contributed by atoms with Gasteiger partial charge in [-0.2, -0.15) is 0 Å². The fourth-order valence-electron chi connectivity index (χ4n) is 4.57. The molecule has 0 bridgehead atoms. The van der Waals surface area contributed by atoms with E-state index in [-0.39, 0.29) is 29.8 Å². The number of carbonyl (C=O) groups is 2. The SMILES string of the molecule is CC(C(=O)NC1CCCCC1)N(Cc1c(Cl)cccc1Cl)C(=O)CCc1ccc(C(C)(C)C)cc1. The molecule has 2 aromatic rings. The van der Waals surface area contributed by atoms with E-state index in [9.17, 15) is 9.59 Å². The van der Waals surface area contributed by atoms with Crippen molar-refractivity contribution in [1.82, 2.24) is 10.2 Å². The number of aryl methyl sites for hydroxylation is 1. The second-order valence-electron chi connectivity index (χ2n) is 10.7. The van der Waals surface area contributed by atoms with Crippen LogP contribution in [-0.2, 0) is 28.0 Å². The molecule has 0 aliphatic heterocycles. The van der Waals surface area contributed by atoms with E-state index in [1.54, 1.807) is 30.0 Å². The molecule has 6 heteroatoms. The highest BCUT2D eigenvalue weighted by atomic mass is 35.5. The number of nitrogens with zero attached hydrogens (tertiary/aromatic N) is 1. The number of hydrogen-bond donors (Lipinski definition) is 1. The summed E-state index contributed by atoms with van der Waals surface area (Å²) in [4.78, 5) is 28.2. The lowest BCUT2D eigenvalue weighted by molar-refractivity contribution is -0.141. The van der Waals surface area contributed by atoms with E-state index in [4.69, 9.17) is 23.2 Å². The average Bonchev–Trinajstić information content (AvgIpc) is 2.82. The first-order valence-corrected chi connectivity index (χ1v) is 13.4. The molecule has 1 atom stereocenters. The van der Waals surface area contributed by atoms with Crippen LogP contribution >= 0.6 is 23.2 Å². The quantitative estimate of drug-likeness (QED) is 0.407. The number of carbonyl (C=O) groups excluding carboxylic acids is 2. The van der Waals surface area contributed by atoms with Crippen LogP contribution in [0.3, 0.4) is 0 Å². The van der Waals surface area contributed by atoms with Crippen LogP contribution in [0.4, 0.5) is 0 Å². The first kappa shape index (κ1) is 27.5. The van der Waals surface area contributed by atoms with Gasteiger partial charge in [0.2, 0.25) is 11.8 Å². The average molecular weight is 518 g/mol. The maximum absolute atomic E-state index is 13.5. The Morgan fingerprint density at radius 2 is 1.60 bits per heavy atom. The number of rotatable bonds is 8. The zero-order valence-electron chi connectivity index (χ0n) is 21.4. The van der Waals surface area contributed by atoms with Crippen LogP contribution < -0.4 is 5.32 Å². The summed E-state index contributed by atoms with van der Waals surface area (Å²) in [6, 6.07) is 13.3. The largest absolute Gasteiger partial charge is 0.352 e. The van der Waals surface area contributed by atoms with Crippen molar-refractivity contribution < 1.29 is 9.59 Å². The van der Waals surface area contributed by atoms with E-state index in [1.165, 1.54) is 12.0 Å². The van der Waals surface area contributed by atoms with Crippen LogP contribution in [-0.4, -0.2) is 28.8 Å². The molecule has 1 saturated carbocycles. The van der Waals surface area contributed by atoms with Crippen LogP contribution in [0.2, 0.25) is 10.0 Å². The smallest absolute Gasteiger partial charge is 0.242 e. The normalized spacial score (nSPS) is 15.5. The standard InChI is InChI=1S/C29H38Cl2N2O2/c1-20(28(35)32-23-9-6-5-7-10-23)33(19-24-25(30)11-8-12-26(24)31)27(34)18-15-21-13-16-22(17-14-21)29(2,3)4/h8,11-14,16-17,20,23H,5-7,9-10,15,18-19H2,1-4H3,(H,32,35). The number of halogens is 2. The second-order valence-corrected chi connectivity index (χ2v) is 11.5. The molecule has 1 N–H and O–H groups in total. The summed E-state index contributed by atoms with van der Waals surface area (Å²) in [7, 11) is 0. The van der Waals surface area contributed by atoms with E-state index in [0.29, 0.717) is 28.5 Å².